The molecule has 4 N–H and O–H groups in total. The fourth-order valence-corrected chi connectivity index (χ4v) is 1.08. The van der Waals surface area contributed by atoms with Gasteiger partial charge in [-0.3, -0.25) is 5.10 Å². The monoisotopic (exact) mass is 198 g/mol. The van der Waals surface area contributed by atoms with E-state index in [-0.39, 0.29) is 6.54 Å². The van der Waals surface area contributed by atoms with Crippen LogP contribution in [-0.2, 0) is 6.42 Å². The zero-order chi connectivity index (χ0) is 10.8. The molecule has 0 aliphatic carbocycles. The Morgan fingerprint density at radius 2 is 2.21 bits per heavy atom. The van der Waals surface area contributed by atoms with Gasteiger partial charge in [-0.2, -0.15) is 5.10 Å². The molecular formula is C9H18N4O. The minimum Gasteiger partial charge on any atom is -0.388 e. The summed E-state index contributed by atoms with van der Waals surface area (Å²) in [6, 6.07) is 0. The highest BCUT2D eigenvalue weighted by Crippen LogP contribution is 2.11. The van der Waals surface area contributed by atoms with E-state index in [0.717, 1.165) is 5.82 Å². The molecule has 0 radical (unpaired) electrons. The van der Waals surface area contributed by atoms with Crippen LogP contribution < -0.4 is 5.73 Å². The number of nitrogens with one attached hydrogen (secondary N) is 1. The van der Waals surface area contributed by atoms with E-state index in [1.165, 1.54) is 0 Å². The Bertz CT molecular complexity index is 293. The van der Waals surface area contributed by atoms with Gasteiger partial charge in [0.2, 0.25) is 0 Å². The van der Waals surface area contributed by atoms with Gasteiger partial charge >= 0.3 is 0 Å². The van der Waals surface area contributed by atoms with Gasteiger partial charge in [-0.1, -0.05) is 13.8 Å². The second-order valence-corrected chi connectivity index (χ2v) is 4.17. The number of aromatic nitrogens is 3. The second-order valence-electron chi connectivity index (χ2n) is 4.17. The predicted molar refractivity (Wildman–Crippen MR) is 53.9 cm³/mol. The fraction of sp³-hybridized carbons (Fsp3) is 0.778. The van der Waals surface area contributed by atoms with Crippen LogP contribution in [0.25, 0.3) is 0 Å². The first-order valence-electron chi connectivity index (χ1n) is 4.78. The van der Waals surface area contributed by atoms with Crippen LogP contribution in [0.5, 0.6) is 0 Å². The molecule has 5 nitrogen and oxygen atoms in total. The maximum atomic E-state index is 9.71. The molecule has 0 aliphatic rings. The molecule has 0 spiro atoms. The van der Waals surface area contributed by atoms with E-state index in [9.17, 15) is 5.11 Å². The maximum Gasteiger partial charge on any atom is 0.153 e. The first kappa shape index (κ1) is 11.1. The van der Waals surface area contributed by atoms with Crippen molar-refractivity contribution in [2.24, 2.45) is 5.73 Å². The van der Waals surface area contributed by atoms with E-state index in [4.69, 9.17) is 5.73 Å². The Labute approximate surface area is 83.7 Å². The van der Waals surface area contributed by atoms with Crippen LogP contribution >= 0.6 is 0 Å². The summed E-state index contributed by atoms with van der Waals surface area (Å²) >= 11 is 0. The van der Waals surface area contributed by atoms with Crippen LogP contribution in [0, 0.1) is 0 Å². The molecule has 0 saturated carbocycles. The van der Waals surface area contributed by atoms with Gasteiger partial charge in [0.1, 0.15) is 5.82 Å². The van der Waals surface area contributed by atoms with Gasteiger partial charge < -0.3 is 10.8 Å². The van der Waals surface area contributed by atoms with Crippen LogP contribution in [0.4, 0.5) is 0 Å². The molecular weight excluding hydrogens is 180 g/mol. The van der Waals surface area contributed by atoms with Crippen molar-refractivity contribution in [1.82, 2.24) is 15.2 Å². The van der Waals surface area contributed by atoms with Crippen molar-refractivity contribution in [1.29, 1.82) is 0 Å². The van der Waals surface area contributed by atoms with E-state index in [0.29, 0.717) is 18.2 Å². The zero-order valence-corrected chi connectivity index (χ0v) is 8.91. The standard InChI is InChI=1S/C9H18N4O/c1-6(2)8-11-7(12-13-8)4-9(3,14)5-10/h6,14H,4-5,10H2,1-3H3,(H,11,12,13). The largest absolute Gasteiger partial charge is 0.388 e. The Morgan fingerprint density at radius 3 is 2.64 bits per heavy atom. The molecule has 0 fully saturated rings. The minimum absolute atomic E-state index is 0.213. The summed E-state index contributed by atoms with van der Waals surface area (Å²) in [7, 11) is 0. The average molecular weight is 198 g/mol. The highest BCUT2D eigenvalue weighted by atomic mass is 16.3. The quantitative estimate of drug-likeness (QED) is 0.644. The molecule has 0 amide bonds. The first-order valence-corrected chi connectivity index (χ1v) is 4.78. The molecule has 80 valence electrons. The molecule has 0 bridgehead atoms. The van der Waals surface area contributed by atoms with Gasteiger partial charge in [-0.05, 0) is 6.92 Å². The summed E-state index contributed by atoms with van der Waals surface area (Å²) in [6.45, 7) is 5.94. The van der Waals surface area contributed by atoms with E-state index < -0.39 is 5.60 Å². The van der Waals surface area contributed by atoms with Gasteiger partial charge in [-0.15, -0.1) is 0 Å². The third-order valence-corrected chi connectivity index (χ3v) is 2.05. The first-order chi connectivity index (χ1) is 6.44. The second kappa shape index (κ2) is 4.06. The van der Waals surface area contributed by atoms with Crippen molar-refractivity contribution >= 4 is 0 Å². The third kappa shape index (κ3) is 2.78. The van der Waals surface area contributed by atoms with Crippen molar-refractivity contribution in [2.75, 3.05) is 6.54 Å². The van der Waals surface area contributed by atoms with E-state index >= 15 is 0 Å². The Balaban J connectivity index is 2.69. The Morgan fingerprint density at radius 1 is 1.57 bits per heavy atom. The number of rotatable bonds is 4. The molecule has 1 unspecified atom stereocenters. The molecule has 14 heavy (non-hydrogen) atoms. The van der Waals surface area contributed by atoms with E-state index in [2.05, 4.69) is 15.2 Å². The molecule has 0 saturated heterocycles. The third-order valence-electron chi connectivity index (χ3n) is 2.05. The SMILES string of the molecule is CC(C)c1n[nH]c(CC(C)(O)CN)n1. The molecule has 0 aromatic carbocycles. The molecule has 1 rings (SSSR count). The number of aromatic amines is 1. The summed E-state index contributed by atoms with van der Waals surface area (Å²) in [6.07, 6.45) is 0.406. The number of nitrogens with zero attached hydrogens (tertiary/aromatic N) is 2. The maximum absolute atomic E-state index is 9.71. The minimum atomic E-state index is -0.909. The lowest BCUT2D eigenvalue weighted by atomic mass is 10.0. The van der Waals surface area contributed by atoms with Crippen LogP contribution in [0.2, 0.25) is 0 Å². The van der Waals surface area contributed by atoms with Gasteiger partial charge in [0.05, 0.1) is 5.60 Å². The summed E-state index contributed by atoms with van der Waals surface area (Å²) in [5.74, 6) is 1.75. The van der Waals surface area contributed by atoms with Gasteiger partial charge in [-0.25, -0.2) is 4.98 Å². The highest BCUT2D eigenvalue weighted by Gasteiger charge is 2.21. The topological polar surface area (TPSA) is 87.8 Å². The average Bonchev–Trinajstić information content (AvgIpc) is 2.52. The molecule has 5 heteroatoms. The van der Waals surface area contributed by atoms with Crippen LogP contribution in [-0.4, -0.2) is 32.4 Å². The molecule has 1 heterocycles. The normalized spacial score (nSPS) is 15.9. The molecule has 1 aromatic heterocycles. The van der Waals surface area contributed by atoms with Gasteiger partial charge in [0, 0.05) is 18.9 Å². The fourth-order valence-electron chi connectivity index (χ4n) is 1.08. The number of hydrogen-bond acceptors (Lipinski definition) is 4. The van der Waals surface area contributed by atoms with Crippen LogP contribution in [0.1, 0.15) is 38.3 Å². The van der Waals surface area contributed by atoms with Crippen molar-refractivity contribution < 1.29 is 5.11 Å². The summed E-state index contributed by atoms with van der Waals surface area (Å²) in [5, 5.41) is 16.6. The highest BCUT2D eigenvalue weighted by molar-refractivity contribution is 4.98. The Kier molecular flexibility index (Phi) is 3.23. The zero-order valence-electron chi connectivity index (χ0n) is 8.91. The van der Waals surface area contributed by atoms with Gasteiger partial charge in [0.25, 0.3) is 0 Å². The van der Waals surface area contributed by atoms with E-state index in [1.54, 1.807) is 6.92 Å². The van der Waals surface area contributed by atoms with Crippen molar-refractivity contribution in [3.05, 3.63) is 11.6 Å². The summed E-state index contributed by atoms with van der Waals surface area (Å²) in [5.41, 5.74) is 4.50. The lowest BCUT2D eigenvalue weighted by Crippen LogP contribution is -2.36. The summed E-state index contributed by atoms with van der Waals surface area (Å²) < 4.78 is 0. The Hall–Kier alpha value is -0.940. The van der Waals surface area contributed by atoms with Crippen molar-refractivity contribution in [3.63, 3.8) is 0 Å². The number of aliphatic hydroxyl groups is 1. The molecule has 0 aliphatic heterocycles. The predicted octanol–water partition coefficient (Wildman–Crippen LogP) is 0.180. The number of H-pyrrole nitrogens is 1. The lowest BCUT2D eigenvalue weighted by Gasteiger charge is -2.18. The van der Waals surface area contributed by atoms with Crippen LogP contribution in [0.3, 0.4) is 0 Å². The lowest BCUT2D eigenvalue weighted by molar-refractivity contribution is 0.0676. The van der Waals surface area contributed by atoms with Crippen molar-refractivity contribution in [3.8, 4) is 0 Å². The van der Waals surface area contributed by atoms with Gasteiger partial charge in [0.15, 0.2) is 5.82 Å². The molecule has 1 atom stereocenters. The molecule has 1 aromatic rings. The number of hydrogen-bond donors (Lipinski definition) is 3. The smallest absolute Gasteiger partial charge is 0.153 e. The number of nitrogens with two attached hydrogens (primary N) is 1. The van der Waals surface area contributed by atoms with Crippen LogP contribution in [0.15, 0.2) is 0 Å². The van der Waals surface area contributed by atoms with E-state index in [1.807, 2.05) is 13.8 Å². The van der Waals surface area contributed by atoms with Crippen molar-refractivity contribution in [2.45, 2.75) is 38.7 Å². The summed E-state index contributed by atoms with van der Waals surface area (Å²) in [4.78, 5) is 4.26.